The molecule has 1 amide bonds. The van der Waals surface area contributed by atoms with Crippen molar-refractivity contribution in [3.63, 3.8) is 0 Å². The largest absolute Gasteiger partial charge is 0.374 e. The number of ether oxygens (including phenoxy) is 1. The molecule has 1 fully saturated rings. The van der Waals surface area contributed by atoms with Crippen LogP contribution in [-0.2, 0) is 16.0 Å². The molecular weight excluding hydrogens is 262 g/mol. The fourth-order valence-electron chi connectivity index (χ4n) is 2.80. The number of carbonyl (C=O) groups is 1. The lowest BCUT2D eigenvalue weighted by Crippen LogP contribution is -2.58. The minimum absolute atomic E-state index is 0.0940. The molecule has 0 aromatic heterocycles. The lowest BCUT2D eigenvalue weighted by atomic mass is 9.96. The molecule has 1 aromatic rings. The van der Waals surface area contributed by atoms with E-state index >= 15 is 0 Å². The summed E-state index contributed by atoms with van der Waals surface area (Å²) in [5.74, 6) is 0.639. The number of morpholine rings is 1. The van der Waals surface area contributed by atoms with Gasteiger partial charge in [-0.3, -0.25) is 4.79 Å². The molecule has 2 rings (SSSR count). The van der Waals surface area contributed by atoms with Crippen molar-refractivity contribution in [3.05, 3.63) is 35.9 Å². The Morgan fingerprint density at radius 1 is 1.33 bits per heavy atom. The van der Waals surface area contributed by atoms with E-state index in [1.165, 1.54) is 5.56 Å². The van der Waals surface area contributed by atoms with Crippen LogP contribution < -0.4 is 0 Å². The molecule has 0 spiro atoms. The van der Waals surface area contributed by atoms with Crippen LogP contribution in [0.5, 0.6) is 0 Å². The summed E-state index contributed by atoms with van der Waals surface area (Å²) in [5.41, 5.74) is 1.05. The van der Waals surface area contributed by atoms with Gasteiger partial charge in [-0.15, -0.1) is 0 Å². The van der Waals surface area contributed by atoms with Gasteiger partial charge >= 0.3 is 0 Å². The third-order valence-corrected chi connectivity index (χ3v) is 3.98. The first-order chi connectivity index (χ1) is 9.88. The van der Waals surface area contributed by atoms with Gasteiger partial charge in [0.2, 0.25) is 5.91 Å². The Morgan fingerprint density at radius 2 is 2.00 bits per heavy atom. The Bertz CT molecular complexity index is 467. The van der Waals surface area contributed by atoms with Gasteiger partial charge in [0, 0.05) is 19.4 Å². The minimum Gasteiger partial charge on any atom is -0.374 e. The van der Waals surface area contributed by atoms with Crippen LogP contribution in [0.15, 0.2) is 30.3 Å². The second-order valence-corrected chi connectivity index (χ2v) is 7.04. The molecule has 0 radical (unpaired) electrons. The average molecular weight is 289 g/mol. The van der Waals surface area contributed by atoms with Gasteiger partial charge < -0.3 is 9.64 Å². The zero-order valence-corrected chi connectivity index (χ0v) is 13.6. The van der Waals surface area contributed by atoms with Crippen LogP contribution >= 0.6 is 0 Å². The van der Waals surface area contributed by atoms with Crippen molar-refractivity contribution in [2.45, 2.75) is 52.2 Å². The molecule has 0 saturated carbocycles. The average Bonchev–Trinajstić information content (AvgIpc) is 2.41. The molecule has 1 heterocycles. The second-order valence-electron chi connectivity index (χ2n) is 7.04. The summed E-state index contributed by atoms with van der Waals surface area (Å²) in [6.45, 7) is 9.65. The summed E-state index contributed by atoms with van der Waals surface area (Å²) in [6, 6.07) is 10.3. The molecule has 1 saturated heterocycles. The number of carbonyl (C=O) groups excluding carboxylic acids is 1. The Hall–Kier alpha value is -1.35. The smallest absolute Gasteiger partial charge is 0.223 e. The van der Waals surface area contributed by atoms with Crippen molar-refractivity contribution in [1.29, 1.82) is 0 Å². The van der Waals surface area contributed by atoms with Crippen LogP contribution in [-0.4, -0.2) is 35.6 Å². The van der Waals surface area contributed by atoms with Gasteiger partial charge in [-0.25, -0.2) is 0 Å². The Morgan fingerprint density at radius 3 is 2.62 bits per heavy atom. The molecule has 0 aliphatic carbocycles. The van der Waals surface area contributed by atoms with E-state index in [0.29, 0.717) is 25.5 Å². The SMILES string of the molecule is CC(C)CC(=O)N1CC(Cc2ccccc2)OCC1(C)C. The fraction of sp³-hybridized carbons (Fsp3) is 0.611. The zero-order valence-electron chi connectivity index (χ0n) is 13.6. The van der Waals surface area contributed by atoms with Crippen molar-refractivity contribution in [2.75, 3.05) is 13.2 Å². The van der Waals surface area contributed by atoms with E-state index in [1.54, 1.807) is 0 Å². The predicted octanol–water partition coefficient (Wildman–Crippen LogP) is 3.28. The number of benzene rings is 1. The first kappa shape index (κ1) is 16.0. The van der Waals surface area contributed by atoms with Crippen molar-refractivity contribution >= 4 is 5.91 Å². The van der Waals surface area contributed by atoms with Crippen molar-refractivity contribution in [2.24, 2.45) is 5.92 Å². The van der Waals surface area contributed by atoms with Gasteiger partial charge in [0.25, 0.3) is 0 Å². The summed E-state index contributed by atoms with van der Waals surface area (Å²) in [7, 11) is 0. The predicted molar refractivity (Wildman–Crippen MR) is 85.1 cm³/mol. The highest BCUT2D eigenvalue weighted by Crippen LogP contribution is 2.25. The van der Waals surface area contributed by atoms with E-state index in [-0.39, 0.29) is 17.6 Å². The van der Waals surface area contributed by atoms with Gasteiger partial charge in [0.1, 0.15) is 0 Å². The molecule has 21 heavy (non-hydrogen) atoms. The molecule has 1 aliphatic rings. The Kier molecular flexibility index (Phi) is 5.04. The second kappa shape index (κ2) is 6.61. The fourth-order valence-corrected chi connectivity index (χ4v) is 2.80. The van der Waals surface area contributed by atoms with Crippen molar-refractivity contribution in [1.82, 2.24) is 4.90 Å². The van der Waals surface area contributed by atoms with Crippen LogP contribution in [0.25, 0.3) is 0 Å². The van der Waals surface area contributed by atoms with Crippen LogP contribution in [0, 0.1) is 5.92 Å². The van der Waals surface area contributed by atoms with E-state index in [1.807, 2.05) is 23.1 Å². The Labute approximate surface area is 128 Å². The van der Waals surface area contributed by atoms with E-state index in [0.717, 1.165) is 6.42 Å². The summed E-state index contributed by atoms with van der Waals surface area (Å²) in [4.78, 5) is 14.5. The number of amides is 1. The third kappa shape index (κ3) is 4.31. The molecule has 1 unspecified atom stereocenters. The molecular formula is C18H27NO2. The molecule has 3 nitrogen and oxygen atoms in total. The normalized spacial score (nSPS) is 21.6. The van der Waals surface area contributed by atoms with Crippen molar-refractivity contribution in [3.8, 4) is 0 Å². The monoisotopic (exact) mass is 289 g/mol. The first-order valence-electron chi connectivity index (χ1n) is 7.84. The van der Waals surface area contributed by atoms with Crippen LogP contribution in [0.2, 0.25) is 0 Å². The number of rotatable bonds is 4. The van der Waals surface area contributed by atoms with E-state index < -0.39 is 0 Å². The van der Waals surface area contributed by atoms with Crippen LogP contribution in [0.3, 0.4) is 0 Å². The van der Waals surface area contributed by atoms with Gasteiger partial charge in [0.15, 0.2) is 0 Å². The number of hydrogen-bond acceptors (Lipinski definition) is 2. The first-order valence-corrected chi connectivity index (χ1v) is 7.84. The van der Waals surface area contributed by atoms with Crippen LogP contribution in [0.1, 0.15) is 39.7 Å². The lowest BCUT2D eigenvalue weighted by Gasteiger charge is -2.45. The topological polar surface area (TPSA) is 29.5 Å². The quantitative estimate of drug-likeness (QED) is 0.851. The maximum absolute atomic E-state index is 12.5. The molecule has 1 aliphatic heterocycles. The van der Waals surface area contributed by atoms with Gasteiger partial charge in [-0.05, 0) is 25.3 Å². The third-order valence-electron chi connectivity index (χ3n) is 3.98. The van der Waals surface area contributed by atoms with Gasteiger partial charge in [-0.2, -0.15) is 0 Å². The summed E-state index contributed by atoms with van der Waals surface area (Å²) in [6.07, 6.45) is 1.57. The molecule has 0 bridgehead atoms. The summed E-state index contributed by atoms with van der Waals surface area (Å²) in [5, 5.41) is 0. The van der Waals surface area contributed by atoms with E-state index in [9.17, 15) is 4.79 Å². The number of nitrogens with zero attached hydrogens (tertiary/aromatic N) is 1. The minimum atomic E-state index is -0.209. The highest BCUT2D eigenvalue weighted by molar-refractivity contribution is 5.77. The Balaban J connectivity index is 2.03. The molecule has 3 heteroatoms. The van der Waals surface area contributed by atoms with Crippen molar-refractivity contribution < 1.29 is 9.53 Å². The lowest BCUT2D eigenvalue weighted by molar-refractivity contribution is -0.154. The molecule has 1 aromatic carbocycles. The van der Waals surface area contributed by atoms with Crippen LogP contribution in [0.4, 0.5) is 0 Å². The maximum Gasteiger partial charge on any atom is 0.223 e. The summed E-state index contributed by atoms with van der Waals surface area (Å²) >= 11 is 0. The number of hydrogen-bond donors (Lipinski definition) is 0. The van der Waals surface area contributed by atoms with E-state index in [2.05, 4.69) is 39.8 Å². The maximum atomic E-state index is 12.5. The summed E-state index contributed by atoms with van der Waals surface area (Å²) < 4.78 is 5.99. The molecule has 0 N–H and O–H groups in total. The van der Waals surface area contributed by atoms with Gasteiger partial charge in [0.05, 0.1) is 18.2 Å². The highest BCUT2D eigenvalue weighted by Gasteiger charge is 2.37. The highest BCUT2D eigenvalue weighted by atomic mass is 16.5. The zero-order chi connectivity index (χ0) is 15.5. The van der Waals surface area contributed by atoms with E-state index in [4.69, 9.17) is 4.74 Å². The molecule has 1 atom stereocenters. The molecule has 116 valence electrons. The standard InChI is InChI=1S/C18H27NO2/c1-14(2)10-17(20)19-12-16(21-13-18(19,3)4)11-15-8-6-5-7-9-15/h5-9,14,16H,10-13H2,1-4H3. The van der Waals surface area contributed by atoms with Gasteiger partial charge in [-0.1, -0.05) is 44.2 Å².